The monoisotopic (exact) mass is 317 g/mol. The second-order valence-corrected chi connectivity index (χ2v) is 6.74. The van der Waals surface area contributed by atoms with E-state index in [1.165, 1.54) is 0 Å². The van der Waals surface area contributed by atoms with Crippen molar-refractivity contribution in [2.45, 2.75) is 39.5 Å². The molecule has 2 aromatic heterocycles. The molecule has 6 nitrogen and oxygen atoms in total. The summed E-state index contributed by atoms with van der Waals surface area (Å²) >= 11 is 0. The SMILES string of the molecule is CCCOC[C@@H]1CCN(c2nc(C(C)C)nc3c2cnn3C)C1. The van der Waals surface area contributed by atoms with Crippen LogP contribution in [0.4, 0.5) is 5.82 Å². The summed E-state index contributed by atoms with van der Waals surface area (Å²) in [6.45, 7) is 10.1. The molecule has 1 aliphatic rings. The van der Waals surface area contributed by atoms with Crippen LogP contribution in [0.2, 0.25) is 0 Å². The van der Waals surface area contributed by atoms with Gasteiger partial charge in [-0.25, -0.2) is 9.97 Å². The van der Waals surface area contributed by atoms with Crippen molar-refractivity contribution >= 4 is 16.9 Å². The summed E-state index contributed by atoms with van der Waals surface area (Å²) in [5.74, 6) is 2.82. The van der Waals surface area contributed by atoms with Crippen LogP contribution in [0.25, 0.3) is 11.0 Å². The molecule has 0 spiro atoms. The minimum Gasteiger partial charge on any atom is -0.381 e. The maximum absolute atomic E-state index is 5.73. The van der Waals surface area contributed by atoms with Crippen molar-refractivity contribution in [2.75, 3.05) is 31.2 Å². The fraction of sp³-hybridized carbons (Fsp3) is 0.706. The third kappa shape index (κ3) is 3.32. The van der Waals surface area contributed by atoms with Crippen molar-refractivity contribution in [1.29, 1.82) is 0 Å². The first-order chi connectivity index (χ1) is 11.1. The van der Waals surface area contributed by atoms with Crippen molar-refractivity contribution in [3.63, 3.8) is 0 Å². The molecule has 0 aliphatic carbocycles. The van der Waals surface area contributed by atoms with Crippen LogP contribution in [-0.4, -0.2) is 46.1 Å². The van der Waals surface area contributed by atoms with Gasteiger partial charge in [0.25, 0.3) is 0 Å². The van der Waals surface area contributed by atoms with Crippen molar-refractivity contribution in [3.05, 3.63) is 12.0 Å². The molecular weight excluding hydrogens is 290 g/mol. The van der Waals surface area contributed by atoms with Gasteiger partial charge in [-0.3, -0.25) is 4.68 Å². The maximum Gasteiger partial charge on any atom is 0.163 e. The Balaban J connectivity index is 1.85. The van der Waals surface area contributed by atoms with Crippen LogP contribution < -0.4 is 4.90 Å². The summed E-state index contributed by atoms with van der Waals surface area (Å²) in [6, 6.07) is 0. The molecule has 0 amide bonds. The molecule has 0 unspecified atom stereocenters. The minimum atomic E-state index is 0.305. The van der Waals surface area contributed by atoms with Gasteiger partial charge in [0.05, 0.1) is 18.2 Å². The molecule has 3 rings (SSSR count). The molecule has 0 radical (unpaired) electrons. The lowest BCUT2D eigenvalue weighted by Crippen LogP contribution is -2.23. The predicted molar refractivity (Wildman–Crippen MR) is 91.8 cm³/mol. The lowest BCUT2D eigenvalue weighted by Gasteiger charge is -2.20. The Morgan fingerprint density at radius 2 is 2.17 bits per heavy atom. The third-order valence-electron chi connectivity index (χ3n) is 4.39. The average Bonchev–Trinajstić information content (AvgIpc) is 3.14. The lowest BCUT2D eigenvalue weighted by molar-refractivity contribution is 0.106. The number of hydrogen-bond acceptors (Lipinski definition) is 5. The van der Waals surface area contributed by atoms with E-state index in [-0.39, 0.29) is 0 Å². The predicted octanol–water partition coefficient (Wildman–Crippen LogP) is 2.74. The van der Waals surface area contributed by atoms with E-state index in [1.54, 1.807) is 0 Å². The van der Waals surface area contributed by atoms with Gasteiger partial charge >= 0.3 is 0 Å². The molecule has 1 fully saturated rings. The highest BCUT2D eigenvalue weighted by molar-refractivity contribution is 5.87. The minimum absolute atomic E-state index is 0.305. The summed E-state index contributed by atoms with van der Waals surface area (Å²) in [4.78, 5) is 11.9. The van der Waals surface area contributed by atoms with Crippen LogP contribution in [0.15, 0.2) is 6.20 Å². The van der Waals surface area contributed by atoms with Crippen molar-refractivity contribution in [1.82, 2.24) is 19.7 Å². The third-order valence-corrected chi connectivity index (χ3v) is 4.39. The zero-order valence-corrected chi connectivity index (χ0v) is 14.6. The number of hydrogen-bond donors (Lipinski definition) is 0. The van der Waals surface area contributed by atoms with Crippen molar-refractivity contribution in [3.8, 4) is 0 Å². The lowest BCUT2D eigenvalue weighted by atomic mass is 10.1. The molecule has 126 valence electrons. The summed E-state index contributed by atoms with van der Waals surface area (Å²) in [7, 11) is 1.94. The molecule has 2 aromatic rings. The van der Waals surface area contributed by atoms with Gasteiger partial charge in [0.15, 0.2) is 5.65 Å². The first kappa shape index (κ1) is 16.2. The number of nitrogens with zero attached hydrogens (tertiary/aromatic N) is 5. The Kier molecular flexibility index (Phi) is 4.80. The molecule has 1 atom stereocenters. The topological polar surface area (TPSA) is 56.1 Å². The van der Waals surface area contributed by atoms with E-state index in [9.17, 15) is 0 Å². The Bertz CT molecular complexity index is 666. The van der Waals surface area contributed by atoms with Crippen molar-refractivity contribution < 1.29 is 4.74 Å². The van der Waals surface area contributed by atoms with Gasteiger partial charge < -0.3 is 9.64 Å². The number of aromatic nitrogens is 4. The second-order valence-electron chi connectivity index (χ2n) is 6.74. The summed E-state index contributed by atoms with van der Waals surface area (Å²) in [5, 5.41) is 5.42. The zero-order valence-electron chi connectivity index (χ0n) is 14.6. The van der Waals surface area contributed by atoms with Crippen LogP contribution >= 0.6 is 0 Å². The van der Waals surface area contributed by atoms with E-state index in [1.807, 2.05) is 17.9 Å². The Morgan fingerprint density at radius 1 is 1.35 bits per heavy atom. The van der Waals surface area contributed by atoms with Gasteiger partial charge in [-0.15, -0.1) is 0 Å². The highest BCUT2D eigenvalue weighted by atomic mass is 16.5. The van der Waals surface area contributed by atoms with E-state index < -0.39 is 0 Å². The molecule has 3 heterocycles. The van der Waals surface area contributed by atoms with Gasteiger partial charge in [-0.1, -0.05) is 20.8 Å². The Hall–Kier alpha value is -1.69. The maximum atomic E-state index is 5.73. The summed E-state index contributed by atoms with van der Waals surface area (Å²) < 4.78 is 7.57. The highest BCUT2D eigenvalue weighted by Crippen LogP contribution is 2.30. The Labute approximate surface area is 137 Å². The Morgan fingerprint density at radius 3 is 2.91 bits per heavy atom. The van der Waals surface area contributed by atoms with E-state index in [4.69, 9.17) is 9.72 Å². The molecule has 0 N–H and O–H groups in total. The van der Waals surface area contributed by atoms with Gasteiger partial charge in [0.1, 0.15) is 11.6 Å². The van der Waals surface area contributed by atoms with Gasteiger partial charge in [-0.05, 0) is 12.8 Å². The molecule has 0 bridgehead atoms. The molecule has 1 saturated heterocycles. The number of rotatable bonds is 6. The van der Waals surface area contributed by atoms with Gasteiger partial charge in [0.2, 0.25) is 0 Å². The second kappa shape index (κ2) is 6.83. The molecular formula is C17H27N5O. The number of ether oxygens (including phenoxy) is 1. The summed E-state index contributed by atoms with van der Waals surface area (Å²) in [6.07, 6.45) is 4.12. The zero-order chi connectivity index (χ0) is 16.4. The molecule has 23 heavy (non-hydrogen) atoms. The van der Waals surface area contributed by atoms with E-state index in [0.717, 1.165) is 61.8 Å². The van der Waals surface area contributed by atoms with Crippen molar-refractivity contribution in [2.24, 2.45) is 13.0 Å². The quantitative estimate of drug-likeness (QED) is 0.767. The van der Waals surface area contributed by atoms with Crippen LogP contribution in [0.3, 0.4) is 0 Å². The van der Waals surface area contributed by atoms with Crippen LogP contribution in [0.5, 0.6) is 0 Å². The largest absolute Gasteiger partial charge is 0.381 e. The van der Waals surface area contributed by atoms with E-state index >= 15 is 0 Å². The summed E-state index contributed by atoms with van der Waals surface area (Å²) in [5.41, 5.74) is 0.921. The standard InChI is InChI=1S/C17H27N5O/c1-5-8-23-11-13-6-7-22(10-13)17-14-9-18-21(4)16(14)19-15(20-17)12(2)3/h9,12-13H,5-8,10-11H2,1-4H3/t13-/m1/s1. The molecule has 6 heteroatoms. The molecule has 1 aliphatic heterocycles. The molecule has 0 aromatic carbocycles. The van der Waals surface area contributed by atoms with E-state index in [2.05, 4.69) is 35.8 Å². The van der Waals surface area contributed by atoms with Gasteiger partial charge in [-0.2, -0.15) is 5.10 Å². The number of anilines is 1. The number of aryl methyl sites for hydroxylation is 1. The van der Waals surface area contributed by atoms with E-state index in [0.29, 0.717) is 11.8 Å². The average molecular weight is 317 g/mol. The number of fused-ring (bicyclic) bond motifs is 1. The fourth-order valence-electron chi connectivity index (χ4n) is 3.08. The van der Waals surface area contributed by atoms with Crippen LogP contribution in [-0.2, 0) is 11.8 Å². The fourth-order valence-corrected chi connectivity index (χ4v) is 3.08. The highest BCUT2D eigenvalue weighted by Gasteiger charge is 2.26. The van der Waals surface area contributed by atoms with Crippen LogP contribution in [0.1, 0.15) is 45.4 Å². The first-order valence-electron chi connectivity index (χ1n) is 8.62. The first-order valence-corrected chi connectivity index (χ1v) is 8.62. The normalized spacial score (nSPS) is 18.5. The smallest absolute Gasteiger partial charge is 0.163 e. The van der Waals surface area contributed by atoms with Crippen LogP contribution in [0, 0.1) is 5.92 Å². The van der Waals surface area contributed by atoms with Gasteiger partial charge in [0, 0.05) is 38.6 Å². The molecule has 0 saturated carbocycles.